The Bertz CT molecular complexity index is 603. The first-order chi connectivity index (χ1) is 9.67. The van der Waals surface area contributed by atoms with Crippen molar-refractivity contribution in [1.82, 2.24) is 9.97 Å². The van der Waals surface area contributed by atoms with Gasteiger partial charge in [-0.25, -0.2) is 9.78 Å². The van der Waals surface area contributed by atoms with Gasteiger partial charge in [0.1, 0.15) is 18.1 Å². The van der Waals surface area contributed by atoms with Gasteiger partial charge in [0, 0.05) is 0 Å². The highest BCUT2D eigenvalue weighted by atomic mass is 16.5. The molecule has 0 unspecified atom stereocenters. The molecule has 0 amide bonds. The summed E-state index contributed by atoms with van der Waals surface area (Å²) in [6.07, 6.45) is 4.40. The van der Waals surface area contributed by atoms with Crippen LogP contribution < -0.4 is 5.73 Å². The fourth-order valence-corrected chi connectivity index (χ4v) is 2.27. The van der Waals surface area contributed by atoms with E-state index in [0.29, 0.717) is 11.5 Å². The lowest BCUT2D eigenvalue weighted by atomic mass is 9.77. The first-order valence-corrected chi connectivity index (χ1v) is 6.73. The van der Waals surface area contributed by atoms with Crippen molar-refractivity contribution in [2.45, 2.75) is 31.4 Å². The Morgan fingerprint density at radius 2 is 2.10 bits per heavy atom. The molecule has 3 rings (SSSR count). The molecule has 1 aromatic heterocycles. The van der Waals surface area contributed by atoms with Gasteiger partial charge in [0.05, 0.1) is 11.7 Å². The van der Waals surface area contributed by atoms with Crippen LogP contribution in [0.3, 0.4) is 0 Å². The second kappa shape index (κ2) is 5.09. The maximum absolute atomic E-state index is 11.9. The van der Waals surface area contributed by atoms with Gasteiger partial charge in [0.15, 0.2) is 0 Å². The molecule has 104 valence electrons. The molecule has 1 aliphatic carbocycles. The molecule has 0 aliphatic heterocycles. The SMILES string of the molecule is NC1(c2ncc(C(=O)OCc3ccccc3)[nH]2)CCC1. The molecule has 1 aromatic carbocycles. The van der Waals surface area contributed by atoms with Crippen molar-refractivity contribution in [1.29, 1.82) is 0 Å². The van der Waals surface area contributed by atoms with E-state index in [1.165, 1.54) is 6.20 Å². The molecule has 0 saturated heterocycles. The normalized spacial score (nSPS) is 16.4. The molecule has 0 atom stereocenters. The van der Waals surface area contributed by atoms with E-state index < -0.39 is 11.5 Å². The number of nitrogens with zero attached hydrogens (tertiary/aromatic N) is 1. The number of hydrogen-bond donors (Lipinski definition) is 2. The Hall–Kier alpha value is -2.14. The molecule has 5 heteroatoms. The fraction of sp³-hybridized carbons (Fsp3) is 0.333. The van der Waals surface area contributed by atoms with Crippen LogP contribution in [0.4, 0.5) is 0 Å². The summed E-state index contributed by atoms with van der Waals surface area (Å²) in [4.78, 5) is 19.1. The highest BCUT2D eigenvalue weighted by molar-refractivity contribution is 5.87. The molecule has 0 radical (unpaired) electrons. The summed E-state index contributed by atoms with van der Waals surface area (Å²) >= 11 is 0. The lowest BCUT2D eigenvalue weighted by Gasteiger charge is -2.35. The van der Waals surface area contributed by atoms with Gasteiger partial charge in [-0.1, -0.05) is 30.3 Å². The summed E-state index contributed by atoms with van der Waals surface area (Å²) in [7, 11) is 0. The summed E-state index contributed by atoms with van der Waals surface area (Å²) in [5.41, 5.74) is 7.07. The number of nitrogens with one attached hydrogen (secondary N) is 1. The summed E-state index contributed by atoms with van der Waals surface area (Å²) in [5, 5.41) is 0. The van der Waals surface area contributed by atoms with Crippen molar-refractivity contribution in [3.05, 3.63) is 53.6 Å². The molecule has 2 aromatic rings. The van der Waals surface area contributed by atoms with E-state index in [-0.39, 0.29) is 6.61 Å². The van der Waals surface area contributed by atoms with E-state index in [1.54, 1.807) is 0 Å². The Balaban J connectivity index is 1.63. The molecule has 1 heterocycles. The minimum absolute atomic E-state index is 0.252. The molecule has 0 spiro atoms. The number of aromatic amines is 1. The Kier molecular flexibility index (Phi) is 3.28. The second-order valence-electron chi connectivity index (χ2n) is 5.22. The fourth-order valence-electron chi connectivity index (χ4n) is 2.27. The molecular formula is C15H17N3O2. The minimum atomic E-state index is -0.407. The number of imidazole rings is 1. The number of esters is 1. The highest BCUT2D eigenvalue weighted by Gasteiger charge is 2.37. The number of H-pyrrole nitrogens is 1. The second-order valence-corrected chi connectivity index (χ2v) is 5.22. The first kappa shape index (κ1) is 12.9. The van der Waals surface area contributed by atoms with Crippen molar-refractivity contribution in [2.24, 2.45) is 5.73 Å². The molecule has 5 nitrogen and oxygen atoms in total. The van der Waals surface area contributed by atoms with Crippen LogP contribution in [-0.2, 0) is 16.9 Å². The Morgan fingerprint density at radius 3 is 2.75 bits per heavy atom. The molecule has 1 fully saturated rings. The van der Waals surface area contributed by atoms with Gasteiger partial charge in [-0.2, -0.15) is 0 Å². The number of nitrogens with two attached hydrogens (primary N) is 1. The number of carbonyl (C=O) groups excluding carboxylic acids is 1. The first-order valence-electron chi connectivity index (χ1n) is 6.73. The summed E-state index contributed by atoms with van der Waals surface area (Å²) in [5.74, 6) is 0.269. The van der Waals surface area contributed by atoms with Crippen molar-refractivity contribution in [2.75, 3.05) is 0 Å². The van der Waals surface area contributed by atoms with Crippen LogP contribution in [0.25, 0.3) is 0 Å². The zero-order valence-electron chi connectivity index (χ0n) is 11.1. The summed E-state index contributed by atoms with van der Waals surface area (Å²) in [6, 6.07) is 9.56. The number of aromatic nitrogens is 2. The third kappa shape index (κ3) is 2.44. The van der Waals surface area contributed by atoms with E-state index in [2.05, 4.69) is 9.97 Å². The minimum Gasteiger partial charge on any atom is -0.456 e. The van der Waals surface area contributed by atoms with Gasteiger partial charge >= 0.3 is 5.97 Å². The molecular weight excluding hydrogens is 254 g/mol. The number of carbonyl (C=O) groups is 1. The van der Waals surface area contributed by atoms with Crippen molar-refractivity contribution in [3.8, 4) is 0 Å². The van der Waals surface area contributed by atoms with Gasteiger partial charge in [-0.3, -0.25) is 0 Å². The predicted octanol–water partition coefficient (Wildman–Crippen LogP) is 2.10. The van der Waals surface area contributed by atoms with E-state index in [4.69, 9.17) is 10.5 Å². The van der Waals surface area contributed by atoms with Crippen LogP contribution in [0.15, 0.2) is 36.5 Å². The van der Waals surface area contributed by atoms with E-state index in [9.17, 15) is 4.79 Å². The highest BCUT2D eigenvalue weighted by Crippen LogP contribution is 2.36. The van der Waals surface area contributed by atoms with E-state index >= 15 is 0 Å². The maximum atomic E-state index is 11.9. The van der Waals surface area contributed by atoms with Crippen LogP contribution >= 0.6 is 0 Å². The summed E-state index contributed by atoms with van der Waals surface area (Å²) in [6.45, 7) is 0.252. The van der Waals surface area contributed by atoms with Crippen molar-refractivity contribution in [3.63, 3.8) is 0 Å². The number of rotatable bonds is 4. The van der Waals surface area contributed by atoms with Crippen LogP contribution in [0.2, 0.25) is 0 Å². The smallest absolute Gasteiger partial charge is 0.356 e. The molecule has 20 heavy (non-hydrogen) atoms. The van der Waals surface area contributed by atoms with Gasteiger partial charge < -0.3 is 15.5 Å². The van der Waals surface area contributed by atoms with E-state index in [0.717, 1.165) is 24.8 Å². The average Bonchev–Trinajstić information content (AvgIpc) is 2.93. The van der Waals surface area contributed by atoms with Crippen LogP contribution in [-0.4, -0.2) is 15.9 Å². The molecule has 1 aliphatic rings. The molecule has 0 bridgehead atoms. The zero-order chi connectivity index (χ0) is 14.0. The maximum Gasteiger partial charge on any atom is 0.356 e. The predicted molar refractivity (Wildman–Crippen MR) is 73.9 cm³/mol. The monoisotopic (exact) mass is 271 g/mol. The summed E-state index contributed by atoms with van der Waals surface area (Å²) < 4.78 is 5.24. The van der Waals surface area contributed by atoms with Gasteiger partial charge in [0.2, 0.25) is 0 Å². The van der Waals surface area contributed by atoms with Gasteiger partial charge in [0.25, 0.3) is 0 Å². The third-order valence-electron chi connectivity index (χ3n) is 3.73. The number of ether oxygens (including phenoxy) is 1. The molecule has 1 saturated carbocycles. The standard InChI is InChI=1S/C15H17N3O2/c16-15(7-4-8-15)14-17-9-12(18-14)13(19)20-10-11-5-2-1-3-6-11/h1-3,5-6,9H,4,7-8,10,16H2,(H,17,18). The Labute approximate surface area is 117 Å². The van der Waals surface area contributed by atoms with Crippen LogP contribution in [0.1, 0.15) is 41.1 Å². The topological polar surface area (TPSA) is 81.0 Å². The number of hydrogen-bond acceptors (Lipinski definition) is 4. The van der Waals surface area contributed by atoms with E-state index in [1.807, 2.05) is 30.3 Å². The third-order valence-corrected chi connectivity index (χ3v) is 3.73. The van der Waals surface area contributed by atoms with Crippen LogP contribution in [0.5, 0.6) is 0 Å². The van der Waals surface area contributed by atoms with Gasteiger partial charge in [-0.15, -0.1) is 0 Å². The average molecular weight is 271 g/mol. The lowest BCUT2D eigenvalue weighted by Crippen LogP contribution is -2.44. The van der Waals surface area contributed by atoms with Crippen molar-refractivity contribution < 1.29 is 9.53 Å². The largest absolute Gasteiger partial charge is 0.456 e. The molecule has 3 N–H and O–H groups in total. The lowest BCUT2D eigenvalue weighted by molar-refractivity contribution is 0.0466. The number of benzene rings is 1. The Morgan fingerprint density at radius 1 is 1.35 bits per heavy atom. The quantitative estimate of drug-likeness (QED) is 0.834. The van der Waals surface area contributed by atoms with Crippen molar-refractivity contribution >= 4 is 5.97 Å². The van der Waals surface area contributed by atoms with Gasteiger partial charge in [-0.05, 0) is 24.8 Å². The zero-order valence-corrected chi connectivity index (χ0v) is 11.1. The van der Waals surface area contributed by atoms with Crippen LogP contribution in [0, 0.1) is 0 Å².